The Hall–Kier alpha value is -1.55. The molecule has 2 aliphatic heterocycles. The number of alkyl halides is 1. The van der Waals surface area contributed by atoms with Gasteiger partial charge in [-0.25, -0.2) is 9.18 Å². The van der Waals surface area contributed by atoms with Gasteiger partial charge in [0, 0.05) is 12.3 Å². The number of rotatable bonds is 2. The second-order valence-corrected chi connectivity index (χ2v) is 5.45. The third kappa shape index (κ3) is 2.42. The molecule has 2 fully saturated rings. The van der Waals surface area contributed by atoms with Gasteiger partial charge in [0.2, 0.25) is 6.36 Å². The molecule has 9 heteroatoms. The highest BCUT2D eigenvalue weighted by molar-refractivity contribution is 4.99. The molecule has 21 heavy (non-hydrogen) atoms. The summed E-state index contributed by atoms with van der Waals surface area (Å²) in [7, 11) is 0. The molecule has 1 aromatic heterocycles. The van der Waals surface area contributed by atoms with Crippen molar-refractivity contribution in [3.05, 3.63) is 33.1 Å². The van der Waals surface area contributed by atoms with Gasteiger partial charge < -0.3 is 19.3 Å². The first-order valence-corrected chi connectivity index (χ1v) is 6.43. The average molecular weight is 302 g/mol. The first-order valence-electron chi connectivity index (χ1n) is 6.43. The maximum atomic E-state index is 13.3. The third-order valence-corrected chi connectivity index (χ3v) is 3.46. The smallest absolute Gasteiger partial charge is 0.330 e. The number of aromatic amines is 1. The van der Waals surface area contributed by atoms with Gasteiger partial charge in [0.1, 0.15) is 18.3 Å². The lowest BCUT2D eigenvalue weighted by molar-refractivity contribution is -0.218. The van der Waals surface area contributed by atoms with E-state index in [0.717, 1.165) is 10.6 Å². The molecular weight excluding hydrogens is 287 g/mol. The molecule has 1 unspecified atom stereocenters. The van der Waals surface area contributed by atoms with Crippen LogP contribution in [0.5, 0.6) is 0 Å². The van der Waals surface area contributed by atoms with Crippen molar-refractivity contribution in [2.45, 2.75) is 50.5 Å². The Kier molecular flexibility index (Phi) is 3.24. The van der Waals surface area contributed by atoms with Crippen molar-refractivity contribution in [2.24, 2.45) is 0 Å². The van der Waals surface area contributed by atoms with Crippen LogP contribution < -0.4 is 11.2 Å². The van der Waals surface area contributed by atoms with Crippen LogP contribution in [-0.2, 0) is 14.2 Å². The maximum Gasteiger partial charge on any atom is 0.330 e. The predicted octanol–water partition coefficient (Wildman–Crippen LogP) is -0.758. The van der Waals surface area contributed by atoms with Crippen molar-refractivity contribution in [3.8, 4) is 0 Å². The summed E-state index contributed by atoms with van der Waals surface area (Å²) < 4.78 is 30.9. The van der Waals surface area contributed by atoms with Crippen LogP contribution in [0.2, 0.25) is 0 Å². The number of hydrogen-bond acceptors (Lipinski definition) is 6. The third-order valence-electron chi connectivity index (χ3n) is 3.46. The first kappa shape index (κ1) is 14.4. The number of halogens is 1. The van der Waals surface area contributed by atoms with Crippen LogP contribution in [0.4, 0.5) is 4.39 Å². The monoisotopic (exact) mass is 302 g/mol. The summed E-state index contributed by atoms with van der Waals surface area (Å²) >= 11 is 0. The molecule has 5 atom stereocenters. The van der Waals surface area contributed by atoms with E-state index in [-0.39, 0.29) is 0 Å². The number of hydrogen-bond donors (Lipinski definition) is 2. The lowest BCUT2D eigenvalue weighted by Gasteiger charge is -2.24. The largest absolute Gasteiger partial charge is 0.362 e. The number of aliphatic hydroxyl groups is 1. The van der Waals surface area contributed by atoms with Crippen LogP contribution in [0.3, 0.4) is 0 Å². The molecule has 3 rings (SSSR count). The summed E-state index contributed by atoms with van der Waals surface area (Å²) in [6.45, 7) is 3.28. The zero-order valence-corrected chi connectivity index (χ0v) is 11.4. The standard InChI is InChI=1S/C12H15FN2O6/c1-12(2)20-6-7(9(13)17)19-10(8(6)21-12)15-4-3-5(16)14-11(15)18/h3-4,6-10,17H,1-2H3,(H,14,16,18)/t6-,7+,8-,9?,10-/m1/s1. The fourth-order valence-corrected chi connectivity index (χ4v) is 2.68. The van der Waals surface area contributed by atoms with Gasteiger partial charge >= 0.3 is 5.69 Å². The topological polar surface area (TPSA) is 103 Å². The Bertz CT molecular complexity index is 654. The van der Waals surface area contributed by atoms with Crippen molar-refractivity contribution in [2.75, 3.05) is 0 Å². The number of H-pyrrole nitrogens is 1. The number of nitrogens with zero attached hydrogens (tertiary/aromatic N) is 1. The summed E-state index contributed by atoms with van der Waals surface area (Å²) in [5.41, 5.74) is -1.27. The Labute approximate surface area is 118 Å². The van der Waals surface area contributed by atoms with Gasteiger partial charge in [0.15, 0.2) is 12.0 Å². The molecule has 8 nitrogen and oxygen atoms in total. The van der Waals surface area contributed by atoms with Crippen LogP contribution in [-0.4, -0.2) is 45.1 Å². The molecular formula is C12H15FN2O6. The van der Waals surface area contributed by atoms with Gasteiger partial charge in [-0.3, -0.25) is 14.3 Å². The van der Waals surface area contributed by atoms with Crippen molar-refractivity contribution >= 4 is 0 Å². The molecule has 0 spiro atoms. The van der Waals surface area contributed by atoms with Gasteiger partial charge in [0.05, 0.1) is 0 Å². The second kappa shape index (κ2) is 4.73. The molecule has 116 valence electrons. The van der Waals surface area contributed by atoms with E-state index in [1.165, 1.54) is 6.20 Å². The molecule has 0 bridgehead atoms. The number of aliphatic hydroxyl groups excluding tert-OH is 1. The molecule has 0 saturated carbocycles. The van der Waals surface area contributed by atoms with E-state index in [4.69, 9.17) is 14.2 Å². The van der Waals surface area contributed by atoms with Gasteiger partial charge in [-0.05, 0) is 13.8 Å². The quantitative estimate of drug-likeness (QED) is 0.744. The van der Waals surface area contributed by atoms with E-state index in [0.29, 0.717) is 0 Å². The van der Waals surface area contributed by atoms with Crippen molar-refractivity contribution in [1.29, 1.82) is 0 Å². The fourth-order valence-electron chi connectivity index (χ4n) is 2.68. The zero-order chi connectivity index (χ0) is 15.4. The van der Waals surface area contributed by atoms with Crippen LogP contribution in [0.25, 0.3) is 0 Å². The minimum absolute atomic E-state index is 0.559. The van der Waals surface area contributed by atoms with Crippen molar-refractivity contribution < 1.29 is 23.7 Å². The summed E-state index contributed by atoms with van der Waals surface area (Å²) in [6.07, 6.45) is -4.97. The molecule has 2 aliphatic rings. The van der Waals surface area contributed by atoms with E-state index in [2.05, 4.69) is 4.98 Å². The molecule has 1 aromatic rings. The lowest BCUT2D eigenvalue weighted by atomic mass is 10.1. The predicted molar refractivity (Wildman–Crippen MR) is 66.2 cm³/mol. The summed E-state index contributed by atoms with van der Waals surface area (Å²) in [6, 6.07) is 1.14. The molecule has 0 aliphatic carbocycles. The number of ether oxygens (including phenoxy) is 3. The van der Waals surface area contributed by atoms with E-state index in [9.17, 15) is 19.1 Å². The van der Waals surface area contributed by atoms with Crippen LogP contribution in [0.15, 0.2) is 21.9 Å². The van der Waals surface area contributed by atoms with E-state index < -0.39 is 47.9 Å². The van der Waals surface area contributed by atoms with Crippen LogP contribution >= 0.6 is 0 Å². The highest BCUT2D eigenvalue weighted by Gasteiger charge is 2.58. The van der Waals surface area contributed by atoms with Gasteiger partial charge in [-0.2, -0.15) is 0 Å². The van der Waals surface area contributed by atoms with Gasteiger partial charge in [-0.15, -0.1) is 0 Å². The zero-order valence-electron chi connectivity index (χ0n) is 11.4. The normalized spacial score (nSPS) is 35.6. The fraction of sp³-hybridized carbons (Fsp3) is 0.667. The molecule has 2 saturated heterocycles. The lowest BCUT2D eigenvalue weighted by Crippen LogP contribution is -2.37. The summed E-state index contributed by atoms with van der Waals surface area (Å²) in [5, 5.41) is 9.18. The minimum atomic E-state index is -2.28. The maximum absolute atomic E-state index is 13.3. The SMILES string of the molecule is CC1(C)O[C@@H]2[C@H](O1)[C@@H](C(O)F)O[C@H]2n1ccc(=O)[nH]c1=O. The molecule has 3 heterocycles. The van der Waals surface area contributed by atoms with Gasteiger partial charge in [-0.1, -0.05) is 0 Å². The minimum Gasteiger partial charge on any atom is -0.362 e. The average Bonchev–Trinajstić information content (AvgIpc) is 2.82. The first-order chi connectivity index (χ1) is 9.78. The highest BCUT2D eigenvalue weighted by Crippen LogP contribution is 2.43. The van der Waals surface area contributed by atoms with E-state index >= 15 is 0 Å². The Balaban J connectivity index is 1.99. The highest BCUT2D eigenvalue weighted by atomic mass is 19.1. The number of nitrogens with one attached hydrogen (secondary N) is 1. The summed E-state index contributed by atoms with van der Waals surface area (Å²) in [4.78, 5) is 25.0. The Morgan fingerprint density at radius 1 is 1.38 bits per heavy atom. The van der Waals surface area contributed by atoms with Crippen molar-refractivity contribution in [1.82, 2.24) is 9.55 Å². The molecule has 0 aromatic carbocycles. The van der Waals surface area contributed by atoms with Crippen molar-refractivity contribution in [3.63, 3.8) is 0 Å². The van der Waals surface area contributed by atoms with E-state index in [1.807, 2.05) is 0 Å². The van der Waals surface area contributed by atoms with Gasteiger partial charge in [0.25, 0.3) is 5.56 Å². The molecule has 0 radical (unpaired) electrons. The molecule has 0 amide bonds. The molecule has 2 N–H and O–H groups in total. The Morgan fingerprint density at radius 3 is 2.67 bits per heavy atom. The van der Waals surface area contributed by atoms with Crippen LogP contribution in [0.1, 0.15) is 20.1 Å². The summed E-state index contributed by atoms with van der Waals surface area (Å²) in [5.74, 6) is -0.990. The second-order valence-electron chi connectivity index (χ2n) is 5.45. The van der Waals surface area contributed by atoms with Crippen LogP contribution in [0, 0.1) is 0 Å². The Morgan fingerprint density at radius 2 is 2.05 bits per heavy atom. The number of aromatic nitrogens is 2. The van der Waals surface area contributed by atoms with E-state index in [1.54, 1.807) is 13.8 Å². The number of fused-ring (bicyclic) bond motifs is 1.